The molecule has 0 saturated carbocycles. The van der Waals surface area contributed by atoms with Gasteiger partial charge in [0, 0.05) is 42.1 Å². The van der Waals surface area contributed by atoms with Crippen molar-refractivity contribution in [3.8, 4) is 6.19 Å². The van der Waals surface area contributed by atoms with Gasteiger partial charge in [-0.05, 0) is 12.5 Å². The molecule has 0 bridgehead atoms. The molecule has 0 aliphatic heterocycles. The van der Waals surface area contributed by atoms with Gasteiger partial charge in [-0.15, -0.1) is 22.7 Å². The summed E-state index contributed by atoms with van der Waals surface area (Å²) in [5.74, 6) is 0.926. The van der Waals surface area contributed by atoms with Gasteiger partial charge in [0.05, 0.1) is 0 Å². The second kappa shape index (κ2) is 11.8. The van der Waals surface area contributed by atoms with Gasteiger partial charge in [-0.3, -0.25) is 0 Å². The molecule has 0 aliphatic rings. The smallest absolute Gasteiger partial charge is 0.240 e. The van der Waals surface area contributed by atoms with E-state index >= 15 is 0 Å². The van der Waals surface area contributed by atoms with Crippen LogP contribution in [0.2, 0.25) is 0 Å². The number of hydrogen-bond donors (Lipinski definition) is 0. The van der Waals surface area contributed by atoms with Crippen LogP contribution in [0.4, 0.5) is 26.3 Å². The zero-order valence-electron chi connectivity index (χ0n) is 14.3. The Morgan fingerprint density at radius 3 is 1.93 bits per heavy atom. The van der Waals surface area contributed by atoms with Gasteiger partial charge >= 0.3 is 12.4 Å². The predicted octanol–water partition coefficient (Wildman–Crippen LogP) is 5.22. The molecule has 0 spiro atoms. The molecule has 0 fully saturated rings. The van der Waals surface area contributed by atoms with E-state index in [4.69, 9.17) is 5.26 Å². The predicted molar refractivity (Wildman–Crippen MR) is 102 cm³/mol. The van der Waals surface area contributed by atoms with E-state index in [2.05, 4.69) is 14.3 Å². The van der Waals surface area contributed by atoms with Gasteiger partial charge < -0.3 is 0 Å². The third kappa shape index (κ3) is 9.40. The second-order valence-electron chi connectivity index (χ2n) is 4.63. The Bertz CT molecular complexity index is 809. The van der Waals surface area contributed by atoms with E-state index in [1.54, 1.807) is 12.4 Å². The summed E-state index contributed by atoms with van der Waals surface area (Å²) in [4.78, 5) is 7.71. The average molecular weight is 477 g/mol. The lowest BCUT2D eigenvalue weighted by Crippen LogP contribution is -2.02. The Morgan fingerprint density at radius 1 is 1.07 bits per heavy atom. The maximum atomic E-state index is 12.2. The summed E-state index contributed by atoms with van der Waals surface area (Å²) in [7, 11) is -0.568. The molecule has 153 valence electrons. The van der Waals surface area contributed by atoms with Crippen LogP contribution in [0.5, 0.6) is 0 Å². The van der Waals surface area contributed by atoms with Crippen LogP contribution < -0.4 is 0 Å². The molecule has 2 heterocycles. The largest absolute Gasteiger partial charge is 0.443 e. The third-order valence-electron chi connectivity index (χ3n) is 2.43. The van der Waals surface area contributed by atoms with Gasteiger partial charge in [-0.1, -0.05) is 10.7 Å². The van der Waals surface area contributed by atoms with Gasteiger partial charge in [0.1, 0.15) is 0 Å². The molecule has 4 nitrogen and oxygen atoms in total. The van der Waals surface area contributed by atoms with Crippen molar-refractivity contribution in [2.75, 3.05) is 12.5 Å². The van der Waals surface area contributed by atoms with E-state index in [9.17, 15) is 26.3 Å². The molecule has 28 heavy (non-hydrogen) atoms. The molecule has 0 aromatic carbocycles. The van der Waals surface area contributed by atoms with Crippen LogP contribution in [-0.4, -0.2) is 30.9 Å². The molecule has 0 saturated heterocycles. The number of nitriles is 1. The van der Waals surface area contributed by atoms with E-state index < -0.39 is 33.1 Å². The van der Waals surface area contributed by atoms with Crippen molar-refractivity contribution >= 4 is 53.5 Å². The molecular weight excluding hydrogens is 465 g/mol. The van der Waals surface area contributed by atoms with E-state index in [-0.39, 0.29) is 8.41 Å². The first-order chi connectivity index (χ1) is 12.5. The topological polar surface area (TPSA) is 61.9 Å². The van der Waals surface area contributed by atoms with Crippen molar-refractivity contribution in [2.24, 2.45) is 4.36 Å². The van der Waals surface area contributed by atoms with E-state index in [0.29, 0.717) is 43.9 Å². The minimum atomic E-state index is -4.39. The lowest BCUT2D eigenvalue weighted by atomic mass is 10.6. The van der Waals surface area contributed by atoms with Crippen LogP contribution in [0, 0.1) is 11.5 Å². The van der Waals surface area contributed by atoms with Crippen LogP contribution in [-0.2, 0) is 34.5 Å². The number of nitrogens with zero attached hydrogens (tertiary/aromatic N) is 4. The molecule has 2 aromatic heterocycles. The van der Waals surface area contributed by atoms with Gasteiger partial charge in [-0.2, -0.15) is 47.7 Å². The molecule has 1 unspecified atom stereocenters. The van der Waals surface area contributed by atoms with Crippen molar-refractivity contribution in [2.45, 2.75) is 23.9 Å². The number of aromatic nitrogens is 2. The summed E-state index contributed by atoms with van der Waals surface area (Å²) in [5.41, 5.74) is 0. The highest BCUT2D eigenvalue weighted by molar-refractivity contribution is 7.97. The molecule has 0 aliphatic carbocycles. The van der Waals surface area contributed by atoms with Crippen molar-refractivity contribution in [3.05, 3.63) is 32.2 Å². The summed E-state index contributed by atoms with van der Waals surface area (Å²) in [5, 5.41) is 6.63. The van der Waals surface area contributed by atoms with Crippen molar-refractivity contribution in [1.29, 1.82) is 5.26 Å². The fourth-order valence-corrected chi connectivity index (χ4v) is 5.00. The SMILES string of the molecule is CS(Cc1cnc(C(F)(F)F)s1)=NC#N.CSCc1cnc(C(F)(F)F)s1.[B]. The Hall–Kier alpha value is -1.11. The van der Waals surface area contributed by atoms with Crippen LogP contribution >= 0.6 is 34.4 Å². The highest BCUT2D eigenvalue weighted by Crippen LogP contribution is 2.33. The van der Waals surface area contributed by atoms with Crippen molar-refractivity contribution in [3.63, 3.8) is 0 Å². The first kappa shape index (κ1) is 26.9. The molecule has 15 heteroatoms. The summed E-state index contributed by atoms with van der Waals surface area (Å²) in [6, 6.07) is 0. The van der Waals surface area contributed by atoms with Crippen LogP contribution in [0.25, 0.3) is 0 Å². The van der Waals surface area contributed by atoms with Crippen LogP contribution in [0.15, 0.2) is 16.8 Å². The van der Waals surface area contributed by atoms with Gasteiger partial charge in [-0.25, -0.2) is 9.97 Å². The minimum Gasteiger partial charge on any atom is -0.240 e. The van der Waals surface area contributed by atoms with E-state index in [1.807, 2.05) is 6.26 Å². The first-order valence-corrected chi connectivity index (χ1v) is 11.5. The summed E-state index contributed by atoms with van der Waals surface area (Å²) in [6.45, 7) is 0. The molecule has 0 N–H and O–H groups in total. The molecular formula is C13H12BF6N4S4. The molecule has 3 radical (unpaired) electrons. The maximum Gasteiger partial charge on any atom is 0.443 e. The fraction of sp³-hybridized carbons (Fsp3) is 0.462. The number of thiazole rings is 2. The number of alkyl halides is 6. The summed E-state index contributed by atoms with van der Waals surface area (Å²) >= 11 is 2.78. The van der Waals surface area contributed by atoms with Gasteiger partial charge in [0.2, 0.25) is 6.19 Å². The monoisotopic (exact) mass is 477 g/mol. The Balaban J connectivity index is 0.000000514. The van der Waals surface area contributed by atoms with Gasteiger partial charge in [0.15, 0.2) is 10.0 Å². The standard InChI is InChI=1S/C7H6F3N3S2.C6H6F3NS2.B/c1-15(13-4-11)3-5-2-12-6(14-5)7(8,9)10;1-11-3-4-2-10-5(12-4)6(7,8)9;/h2H,3H2,1H3;2H,3H2,1H3;. The number of thioether (sulfide) groups is 1. The minimum absolute atomic E-state index is 0. The van der Waals surface area contributed by atoms with E-state index in [0.717, 1.165) is 0 Å². The Labute approximate surface area is 174 Å². The number of rotatable bonds is 4. The zero-order valence-corrected chi connectivity index (χ0v) is 17.6. The Morgan fingerprint density at radius 2 is 1.54 bits per heavy atom. The lowest BCUT2D eigenvalue weighted by Gasteiger charge is -1.99. The fourth-order valence-electron chi connectivity index (χ4n) is 1.46. The number of hydrogen-bond acceptors (Lipinski definition) is 7. The second-order valence-corrected chi connectivity index (χ2v) is 9.40. The normalized spacial score (nSPS) is 12.5. The highest BCUT2D eigenvalue weighted by atomic mass is 32.2. The van der Waals surface area contributed by atoms with Crippen molar-refractivity contribution in [1.82, 2.24) is 9.97 Å². The average Bonchev–Trinajstić information content (AvgIpc) is 3.17. The van der Waals surface area contributed by atoms with Gasteiger partial charge in [0.25, 0.3) is 0 Å². The van der Waals surface area contributed by atoms with Crippen molar-refractivity contribution < 1.29 is 26.3 Å². The molecule has 2 rings (SSSR count). The highest BCUT2D eigenvalue weighted by Gasteiger charge is 2.35. The lowest BCUT2D eigenvalue weighted by molar-refractivity contribution is -0.138. The molecule has 2 aromatic rings. The first-order valence-electron chi connectivity index (χ1n) is 6.72. The zero-order chi connectivity index (χ0) is 20.7. The summed E-state index contributed by atoms with van der Waals surface area (Å²) in [6.07, 6.45) is -1.06. The van der Waals surface area contributed by atoms with E-state index in [1.165, 1.54) is 24.2 Å². The number of halogens is 6. The third-order valence-corrected chi connectivity index (χ3v) is 6.60. The Kier molecular flexibility index (Phi) is 11.3. The molecule has 0 amide bonds. The van der Waals surface area contributed by atoms with Crippen LogP contribution in [0.3, 0.4) is 0 Å². The molecule has 1 atom stereocenters. The summed E-state index contributed by atoms with van der Waals surface area (Å²) < 4.78 is 76.0. The van der Waals surface area contributed by atoms with Crippen LogP contribution in [0.1, 0.15) is 19.8 Å². The maximum absolute atomic E-state index is 12.2. The quantitative estimate of drug-likeness (QED) is 0.344.